The van der Waals surface area contributed by atoms with Gasteiger partial charge in [-0.1, -0.05) is 18.6 Å². The van der Waals surface area contributed by atoms with E-state index in [-0.39, 0.29) is 22.4 Å². The van der Waals surface area contributed by atoms with Crippen molar-refractivity contribution in [3.05, 3.63) is 53.8 Å². The maximum absolute atomic E-state index is 13.3. The first-order chi connectivity index (χ1) is 14.4. The third-order valence-electron chi connectivity index (χ3n) is 5.94. The van der Waals surface area contributed by atoms with Crippen LogP contribution >= 0.6 is 0 Å². The van der Waals surface area contributed by atoms with Gasteiger partial charge in [0.05, 0.1) is 12.5 Å². The van der Waals surface area contributed by atoms with Gasteiger partial charge in [0.25, 0.3) is 0 Å². The smallest absolute Gasteiger partial charge is 0.246 e. The number of halogens is 1. The lowest BCUT2D eigenvalue weighted by molar-refractivity contribution is -0.118. The van der Waals surface area contributed by atoms with Gasteiger partial charge in [-0.15, -0.1) is 0 Å². The highest BCUT2D eigenvalue weighted by Crippen LogP contribution is 2.49. The molecule has 2 fully saturated rings. The lowest BCUT2D eigenvalue weighted by atomic mass is 9.95. The van der Waals surface area contributed by atoms with Crippen molar-refractivity contribution < 1.29 is 22.3 Å². The van der Waals surface area contributed by atoms with E-state index in [1.165, 1.54) is 29.6 Å². The van der Waals surface area contributed by atoms with Crippen LogP contribution in [0.3, 0.4) is 0 Å². The van der Waals surface area contributed by atoms with E-state index >= 15 is 0 Å². The molecule has 4 rings (SSSR count). The topological polar surface area (TPSA) is 75.7 Å². The van der Waals surface area contributed by atoms with Crippen LogP contribution in [0.5, 0.6) is 5.75 Å². The number of sulfonamides is 1. The Morgan fingerprint density at radius 2 is 1.73 bits per heavy atom. The Kier molecular flexibility index (Phi) is 5.55. The first-order valence-corrected chi connectivity index (χ1v) is 11.6. The van der Waals surface area contributed by atoms with Crippen LogP contribution in [-0.4, -0.2) is 38.8 Å². The number of nitrogens with one attached hydrogen (secondary N) is 1. The summed E-state index contributed by atoms with van der Waals surface area (Å²) in [5.74, 6) is -0.323. The normalized spacial score (nSPS) is 18.6. The van der Waals surface area contributed by atoms with E-state index in [4.69, 9.17) is 4.74 Å². The predicted octanol–water partition coefficient (Wildman–Crippen LogP) is 3.68. The van der Waals surface area contributed by atoms with Gasteiger partial charge in [0.15, 0.2) is 0 Å². The quantitative estimate of drug-likeness (QED) is 0.756. The Morgan fingerprint density at radius 3 is 2.33 bits per heavy atom. The Hall–Kier alpha value is -2.45. The average molecular weight is 433 g/mol. The number of nitrogens with zero attached hydrogens (tertiary/aromatic N) is 1. The second-order valence-corrected chi connectivity index (χ2v) is 9.78. The number of ether oxygens (including phenoxy) is 1. The van der Waals surface area contributed by atoms with E-state index in [2.05, 4.69) is 5.32 Å². The van der Waals surface area contributed by atoms with Crippen LogP contribution in [0.4, 0.5) is 10.1 Å². The molecule has 6 nitrogen and oxygen atoms in total. The molecule has 1 saturated carbocycles. The highest BCUT2D eigenvalue weighted by molar-refractivity contribution is 7.89. The summed E-state index contributed by atoms with van der Waals surface area (Å²) >= 11 is 0. The van der Waals surface area contributed by atoms with Gasteiger partial charge < -0.3 is 10.1 Å². The van der Waals surface area contributed by atoms with Crippen molar-refractivity contribution in [3.63, 3.8) is 0 Å². The molecule has 1 saturated heterocycles. The van der Waals surface area contributed by atoms with E-state index in [1.54, 1.807) is 24.3 Å². The molecule has 0 spiro atoms. The van der Waals surface area contributed by atoms with Crippen molar-refractivity contribution in [2.45, 2.75) is 42.4 Å². The number of benzene rings is 2. The van der Waals surface area contributed by atoms with Crippen molar-refractivity contribution in [2.75, 3.05) is 25.5 Å². The Morgan fingerprint density at radius 1 is 1.07 bits per heavy atom. The van der Waals surface area contributed by atoms with Gasteiger partial charge in [-0.3, -0.25) is 4.79 Å². The number of methoxy groups -OCH3 is 1. The summed E-state index contributed by atoms with van der Waals surface area (Å²) in [6.07, 6.45) is 4.01. The maximum atomic E-state index is 13.3. The van der Waals surface area contributed by atoms with E-state index < -0.39 is 15.4 Å². The number of hydrogen-bond donors (Lipinski definition) is 1. The minimum absolute atomic E-state index is 0.0522. The van der Waals surface area contributed by atoms with Gasteiger partial charge >= 0.3 is 0 Å². The van der Waals surface area contributed by atoms with E-state index in [9.17, 15) is 17.6 Å². The number of rotatable bonds is 6. The minimum atomic E-state index is -3.72. The second-order valence-electron chi connectivity index (χ2n) is 7.87. The molecular formula is C22H25FN2O4S. The molecule has 30 heavy (non-hydrogen) atoms. The van der Waals surface area contributed by atoms with Crippen molar-refractivity contribution >= 4 is 21.6 Å². The highest BCUT2D eigenvalue weighted by atomic mass is 32.2. The van der Waals surface area contributed by atoms with Crippen LogP contribution in [0, 0.1) is 5.82 Å². The number of carbonyl (C=O) groups is 1. The number of anilines is 1. The summed E-state index contributed by atoms with van der Waals surface area (Å²) in [5, 5.41) is 2.85. The third-order valence-corrected chi connectivity index (χ3v) is 7.86. The van der Waals surface area contributed by atoms with Crippen molar-refractivity contribution in [1.29, 1.82) is 0 Å². The molecule has 1 heterocycles. The van der Waals surface area contributed by atoms with Crippen LogP contribution in [0.1, 0.15) is 37.7 Å². The summed E-state index contributed by atoms with van der Waals surface area (Å²) in [6, 6.07) is 10.6. The standard InChI is InChI=1S/C22H25FN2O4S/c1-29-19-10-9-18(15-20(19)30(27,28)25-13-3-2-4-14-25)24-21(26)22(11-12-22)16-5-7-17(23)8-6-16/h5-10,15H,2-4,11-14H2,1H3,(H,24,26). The summed E-state index contributed by atoms with van der Waals surface area (Å²) in [6.45, 7) is 0.964. The Labute approximate surface area is 176 Å². The molecule has 0 radical (unpaired) electrons. The number of hydrogen-bond acceptors (Lipinski definition) is 4. The van der Waals surface area contributed by atoms with Crippen molar-refractivity contribution in [2.24, 2.45) is 0 Å². The Balaban J connectivity index is 1.60. The van der Waals surface area contributed by atoms with E-state index in [0.717, 1.165) is 24.8 Å². The monoisotopic (exact) mass is 432 g/mol. The van der Waals surface area contributed by atoms with Gasteiger partial charge in [0.1, 0.15) is 16.5 Å². The molecule has 2 aliphatic rings. The van der Waals surface area contributed by atoms with Gasteiger partial charge in [-0.2, -0.15) is 4.31 Å². The predicted molar refractivity (Wildman–Crippen MR) is 112 cm³/mol. The molecule has 160 valence electrons. The zero-order valence-corrected chi connectivity index (χ0v) is 17.7. The molecule has 2 aromatic rings. The summed E-state index contributed by atoms with van der Waals surface area (Å²) in [4.78, 5) is 13.1. The van der Waals surface area contributed by atoms with E-state index in [0.29, 0.717) is 31.6 Å². The molecule has 8 heteroatoms. The first kappa shape index (κ1) is 20.8. The third kappa shape index (κ3) is 3.81. The highest BCUT2D eigenvalue weighted by Gasteiger charge is 2.51. The largest absolute Gasteiger partial charge is 0.495 e. The van der Waals surface area contributed by atoms with Gasteiger partial charge in [-0.25, -0.2) is 12.8 Å². The van der Waals surface area contributed by atoms with E-state index in [1.807, 2.05) is 0 Å². The summed E-state index contributed by atoms with van der Waals surface area (Å²) in [5.41, 5.74) is 0.459. The SMILES string of the molecule is COc1ccc(NC(=O)C2(c3ccc(F)cc3)CC2)cc1S(=O)(=O)N1CCCCC1. The number of amides is 1. The molecule has 0 atom stereocenters. The first-order valence-electron chi connectivity index (χ1n) is 10.1. The zero-order valence-electron chi connectivity index (χ0n) is 16.9. The zero-order chi connectivity index (χ0) is 21.4. The average Bonchev–Trinajstić information content (AvgIpc) is 3.57. The number of piperidine rings is 1. The molecular weight excluding hydrogens is 407 g/mol. The molecule has 0 aromatic heterocycles. The molecule has 0 bridgehead atoms. The molecule has 1 aliphatic heterocycles. The van der Waals surface area contributed by atoms with Crippen LogP contribution in [0.25, 0.3) is 0 Å². The fourth-order valence-corrected chi connectivity index (χ4v) is 5.69. The van der Waals surface area contributed by atoms with Crippen LogP contribution in [-0.2, 0) is 20.2 Å². The molecule has 1 amide bonds. The summed E-state index contributed by atoms with van der Waals surface area (Å²) in [7, 11) is -2.30. The van der Waals surface area contributed by atoms with Crippen LogP contribution < -0.4 is 10.1 Å². The van der Waals surface area contributed by atoms with Gasteiger partial charge in [0.2, 0.25) is 15.9 Å². The summed E-state index contributed by atoms with van der Waals surface area (Å²) < 4.78 is 46.3. The second kappa shape index (κ2) is 8.00. The molecule has 1 aliphatic carbocycles. The van der Waals surface area contributed by atoms with Crippen LogP contribution in [0.2, 0.25) is 0 Å². The Bertz CT molecular complexity index is 1040. The molecule has 0 unspecified atom stereocenters. The molecule has 1 N–H and O–H groups in total. The maximum Gasteiger partial charge on any atom is 0.246 e. The fourth-order valence-electron chi connectivity index (χ4n) is 3.99. The van der Waals surface area contributed by atoms with Crippen molar-refractivity contribution in [1.82, 2.24) is 4.31 Å². The lowest BCUT2D eigenvalue weighted by Crippen LogP contribution is -2.35. The fraction of sp³-hybridized carbons (Fsp3) is 0.409. The van der Waals surface area contributed by atoms with Gasteiger partial charge in [0, 0.05) is 18.8 Å². The van der Waals surface area contributed by atoms with Gasteiger partial charge in [-0.05, 0) is 61.6 Å². The van der Waals surface area contributed by atoms with Crippen molar-refractivity contribution in [3.8, 4) is 5.75 Å². The molecule has 2 aromatic carbocycles. The number of carbonyl (C=O) groups excluding carboxylic acids is 1. The van der Waals surface area contributed by atoms with Crippen LogP contribution in [0.15, 0.2) is 47.4 Å². The minimum Gasteiger partial charge on any atom is -0.495 e. The lowest BCUT2D eigenvalue weighted by Gasteiger charge is -2.26.